The fraction of sp³-hybridized carbons (Fsp3) is 0. The van der Waals surface area contributed by atoms with Crippen molar-refractivity contribution < 1.29 is 4.42 Å². The number of anilines is 3. The Morgan fingerprint density at radius 2 is 0.789 bits per heavy atom. The maximum absolute atomic E-state index is 6.49. The van der Waals surface area contributed by atoms with Crippen LogP contribution in [0.15, 0.2) is 223 Å². The SMILES string of the molecule is c1ccc(-c2ccc(N(c3ccc(-c4ccccc4)cc3)c3ccc(-c4ccc(-n5c6ccccc6c6oc7ccccc7c65)c5ccccc45)cc3)cc2)cc1. The Bertz CT molecular complexity index is 3110. The number of rotatable bonds is 7. The summed E-state index contributed by atoms with van der Waals surface area (Å²) < 4.78 is 8.88. The monoisotopic (exact) mass is 728 g/mol. The molecule has 11 rings (SSSR count). The van der Waals surface area contributed by atoms with Crippen molar-refractivity contribution in [2.45, 2.75) is 0 Å². The van der Waals surface area contributed by atoms with Crippen LogP contribution in [0.2, 0.25) is 0 Å². The Morgan fingerprint density at radius 3 is 1.39 bits per heavy atom. The topological polar surface area (TPSA) is 21.3 Å². The zero-order valence-electron chi connectivity index (χ0n) is 31.1. The van der Waals surface area contributed by atoms with Crippen LogP contribution in [-0.4, -0.2) is 4.57 Å². The smallest absolute Gasteiger partial charge is 0.161 e. The molecule has 11 aromatic rings. The van der Waals surface area contributed by atoms with Crippen molar-refractivity contribution in [1.82, 2.24) is 4.57 Å². The van der Waals surface area contributed by atoms with Gasteiger partial charge in [-0.15, -0.1) is 0 Å². The van der Waals surface area contributed by atoms with Gasteiger partial charge in [-0.2, -0.15) is 0 Å². The lowest BCUT2D eigenvalue weighted by Gasteiger charge is -2.26. The van der Waals surface area contributed by atoms with E-state index in [0.717, 1.165) is 61.3 Å². The van der Waals surface area contributed by atoms with E-state index in [1.165, 1.54) is 38.6 Å². The van der Waals surface area contributed by atoms with Gasteiger partial charge in [0.05, 0.1) is 11.2 Å². The molecule has 0 N–H and O–H groups in total. The zero-order chi connectivity index (χ0) is 37.7. The molecule has 57 heavy (non-hydrogen) atoms. The van der Waals surface area contributed by atoms with Gasteiger partial charge < -0.3 is 13.9 Å². The number of furan rings is 1. The predicted octanol–water partition coefficient (Wildman–Crippen LogP) is 15.2. The van der Waals surface area contributed by atoms with Gasteiger partial charge in [0.1, 0.15) is 11.1 Å². The molecule has 9 aromatic carbocycles. The quantitative estimate of drug-likeness (QED) is 0.163. The summed E-state index contributed by atoms with van der Waals surface area (Å²) in [6, 6.07) is 78.0. The normalized spacial score (nSPS) is 11.5. The molecule has 268 valence electrons. The van der Waals surface area contributed by atoms with Gasteiger partial charge in [0.2, 0.25) is 0 Å². The predicted molar refractivity (Wildman–Crippen MR) is 239 cm³/mol. The molecule has 0 aliphatic heterocycles. The van der Waals surface area contributed by atoms with Gasteiger partial charge in [-0.1, -0.05) is 152 Å². The summed E-state index contributed by atoms with van der Waals surface area (Å²) in [5.41, 5.74) is 15.6. The second-order valence-electron chi connectivity index (χ2n) is 14.5. The van der Waals surface area contributed by atoms with Crippen molar-refractivity contribution >= 4 is 60.8 Å². The van der Waals surface area contributed by atoms with E-state index in [0.29, 0.717) is 0 Å². The minimum absolute atomic E-state index is 0.899. The van der Waals surface area contributed by atoms with E-state index in [4.69, 9.17) is 4.42 Å². The highest BCUT2D eigenvalue weighted by atomic mass is 16.3. The number of nitrogens with zero attached hydrogens (tertiary/aromatic N) is 2. The van der Waals surface area contributed by atoms with Gasteiger partial charge >= 0.3 is 0 Å². The average molecular weight is 729 g/mol. The number of hydrogen-bond acceptors (Lipinski definition) is 2. The van der Waals surface area contributed by atoms with Gasteiger partial charge in [-0.25, -0.2) is 0 Å². The zero-order valence-corrected chi connectivity index (χ0v) is 31.1. The molecule has 0 atom stereocenters. The second kappa shape index (κ2) is 13.6. The first-order chi connectivity index (χ1) is 28.3. The average Bonchev–Trinajstić information content (AvgIpc) is 3.82. The van der Waals surface area contributed by atoms with E-state index >= 15 is 0 Å². The van der Waals surface area contributed by atoms with Gasteiger partial charge in [-0.3, -0.25) is 0 Å². The van der Waals surface area contributed by atoms with Crippen molar-refractivity contribution in [2.75, 3.05) is 4.90 Å². The molecular formula is C54H36N2O. The molecule has 0 bridgehead atoms. The van der Waals surface area contributed by atoms with Crippen molar-refractivity contribution in [3.05, 3.63) is 218 Å². The number of fused-ring (bicyclic) bond motifs is 6. The molecule has 0 radical (unpaired) electrons. The first-order valence-corrected chi connectivity index (χ1v) is 19.4. The van der Waals surface area contributed by atoms with Crippen LogP contribution in [0.25, 0.3) is 82.8 Å². The van der Waals surface area contributed by atoms with Crippen molar-refractivity contribution in [3.63, 3.8) is 0 Å². The number of aromatic nitrogens is 1. The molecule has 2 heterocycles. The standard InChI is InChI=1S/C54H36N2O/c1-3-13-37(14-4-1)39-23-29-42(30-24-39)55(43-31-25-40(26-32-43)38-15-5-2-6-16-38)44-33-27-41(28-34-44)45-35-36-51(47-18-8-7-17-46(45)47)56-50-21-11-9-19-48(50)54-53(56)49-20-10-12-22-52(49)57-54/h1-36H. The van der Waals surface area contributed by atoms with E-state index in [1.807, 2.05) is 6.07 Å². The summed E-state index contributed by atoms with van der Waals surface area (Å²) in [5.74, 6) is 0. The highest BCUT2D eigenvalue weighted by Crippen LogP contribution is 2.43. The second-order valence-corrected chi connectivity index (χ2v) is 14.5. The molecule has 0 unspecified atom stereocenters. The highest BCUT2D eigenvalue weighted by Gasteiger charge is 2.21. The minimum Gasteiger partial charge on any atom is -0.454 e. The van der Waals surface area contributed by atoms with Crippen LogP contribution in [0, 0.1) is 0 Å². The molecule has 3 heteroatoms. The third kappa shape index (κ3) is 5.60. The van der Waals surface area contributed by atoms with Gasteiger partial charge in [-0.05, 0) is 105 Å². The number of para-hydroxylation sites is 2. The van der Waals surface area contributed by atoms with E-state index in [2.05, 4.69) is 222 Å². The first-order valence-electron chi connectivity index (χ1n) is 19.4. The fourth-order valence-electron chi connectivity index (χ4n) is 8.50. The number of hydrogen-bond donors (Lipinski definition) is 0. The molecular weight excluding hydrogens is 693 g/mol. The van der Waals surface area contributed by atoms with E-state index in [9.17, 15) is 0 Å². The summed E-state index contributed by atoms with van der Waals surface area (Å²) in [6.45, 7) is 0. The van der Waals surface area contributed by atoms with E-state index < -0.39 is 0 Å². The Kier molecular flexibility index (Phi) is 7.82. The maximum atomic E-state index is 6.49. The summed E-state index contributed by atoms with van der Waals surface area (Å²) in [7, 11) is 0. The van der Waals surface area contributed by atoms with E-state index in [1.54, 1.807) is 0 Å². The van der Waals surface area contributed by atoms with Crippen molar-refractivity contribution in [1.29, 1.82) is 0 Å². The lowest BCUT2D eigenvalue weighted by Crippen LogP contribution is -2.09. The third-order valence-corrected chi connectivity index (χ3v) is 11.2. The molecule has 0 aliphatic carbocycles. The Hall–Kier alpha value is -7.62. The van der Waals surface area contributed by atoms with Crippen molar-refractivity contribution in [3.8, 4) is 39.1 Å². The number of benzene rings is 9. The summed E-state index contributed by atoms with van der Waals surface area (Å²) in [5, 5.41) is 4.61. The lowest BCUT2D eigenvalue weighted by atomic mass is 9.96. The summed E-state index contributed by atoms with van der Waals surface area (Å²) >= 11 is 0. The molecule has 0 amide bonds. The van der Waals surface area contributed by atoms with Gasteiger partial charge in [0.25, 0.3) is 0 Å². The van der Waals surface area contributed by atoms with Crippen LogP contribution in [0.5, 0.6) is 0 Å². The molecule has 0 saturated carbocycles. The largest absolute Gasteiger partial charge is 0.454 e. The highest BCUT2D eigenvalue weighted by molar-refractivity contribution is 6.17. The van der Waals surface area contributed by atoms with Crippen LogP contribution in [0.4, 0.5) is 17.1 Å². The van der Waals surface area contributed by atoms with Crippen molar-refractivity contribution in [2.24, 2.45) is 0 Å². The van der Waals surface area contributed by atoms with Crippen LogP contribution in [0.1, 0.15) is 0 Å². The maximum Gasteiger partial charge on any atom is 0.161 e. The van der Waals surface area contributed by atoms with Gasteiger partial charge in [0, 0.05) is 33.2 Å². The molecule has 0 saturated heterocycles. The summed E-state index contributed by atoms with van der Waals surface area (Å²) in [4.78, 5) is 2.34. The molecule has 0 fully saturated rings. The molecule has 0 aliphatic rings. The Balaban J connectivity index is 1.01. The Labute approximate surface area is 330 Å². The molecule has 0 spiro atoms. The van der Waals surface area contributed by atoms with Crippen LogP contribution in [-0.2, 0) is 0 Å². The first kappa shape index (κ1) is 32.8. The third-order valence-electron chi connectivity index (χ3n) is 11.2. The molecule has 3 nitrogen and oxygen atoms in total. The van der Waals surface area contributed by atoms with Gasteiger partial charge in [0.15, 0.2) is 5.58 Å². The molecule has 2 aromatic heterocycles. The fourth-order valence-corrected chi connectivity index (χ4v) is 8.50. The van der Waals surface area contributed by atoms with E-state index in [-0.39, 0.29) is 0 Å². The van der Waals surface area contributed by atoms with Crippen LogP contribution in [0.3, 0.4) is 0 Å². The van der Waals surface area contributed by atoms with Crippen LogP contribution < -0.4 is 4.90 Å². The van der Waals surface area contributed by atoms with Crippen LogP contribution >= 0.6 is 0 Å². The Morgan fingerprint density at radius 1 is 0.333 bits per heavy atom. The minimum atomic E-state index is 0.899. The summed E-state index contributed by atoms with van der Waals surface area (Å²) in [6.07, 6.45) is 0. The lowest BCUT2D eigenvalue weighted by molar-refractivity contribution is 0.673.